The predicted octanol–water partition coefficient (Wildman–Crippen LogP) is 2.08. The number of carbonyl (C=O) groups excluding carboxylic acids is 1. The maximum absolute atomic E-state index is 11.8. The Kier molecular flexibility index (Phi) is 3.91. The van der Waals surface area contributed by atoms with Gasteiger partial charge in [-0.1, -0.05) is 0 Å². The number of aryl methyl sites for hydroxylation is 1. The van der Waals surface area contributed by atoms with Crippen LogP contribution in [-0.2, 0) is 6.54 Å². The number of aromatic nitrogens is 1. The van der Waals surface area contributed by atoms with Crippen molar-refractivity contribution in [2.24, 2.45) is 0 Å². The SMILES string of the molecule is Cc1cscc1CNC(=O)c1ccc(C(=O)O)cn1. The average Bonchev–Trinajstić information content (AvgIpc) is 2.81. The molecule has 0 aliphatic carbocycles. The van der Waals surface area contributed by atoms with E-state index in [1.165, 1.54) is 18.3 Å². The Morgan fingerprint density at radius 1 is 1.37 bits per heavy atom. The maximum atomic E-state index is 11.8. The molecule has 19 heavy (non-hydrogen) atoms. The number of nitrogens with zero attached hydrogens (tertiary/aromatic N) is 1. The molecule has 0 unspecified atom stereocenters. The van der Waals surface area contributed by atoms with Crippen molar-refractivity contribution in [2.75, 3.05) is 0 Å². The van der Waals surface area contributed by atoms with Gasteiger partial charge in [0.15, 0.2) is 0 Å². The molecule has 2 rings (SSSR count). The van der Waals surface area contributed by atoms with Crippen molar-refractivity contribution in [3.05, 3.63) is 51.5 Å². The topological polar surface area (TPSA) is 79.3 Å². The second-order valence-electron chi connectivity index (χ2n) is 4.00. The first kappa shape index (κ1) is 13.2. The summed E-state index contributed by atoms with van der Waals surface area (Å²) in [5.41, 5.74) is 2.48. The minimum Gasteiger partial charge on any atom is -0.478 e. The van der Waals surface area contributed by atoms with Crippen LogP contribution < -0.4 is 5.32 Å². The van der Waals surface area contributed by atoms with E-state index in [9.17, 15) is 9.59 Å². The lowest BCUT2D eigenvalue weighted by Crippen LogP contribution is -2.24. The molecule has 0 aliphatic rings. The molecule has 1 amide bonds. The zero-order valence-electron chi connectivity index (χ0n) is 10.2. The zero-order valence-corrected chi connectivity index (χ0v) is 11.0. The van der Waals surface area contributed by atoms with Crippen LogP contribution in [0.4, 0.5) is 0 Å². The van der Waals surface area contributed by atoms with E-state index < -0.39 is 5.97 Å². The third kappa shape index (κ3) is 3.17. The fourth-order valence-corrected chi connectivity index (χ4v) is 2.35. The van der Waals surface area contributed by atoms with Gasteiger partial charge in [-0.3, -0.25) is 9.78 Å². The van der Waals surface area contributed by atoms with Gasteiger partial charge in [-0.05, 0) is 40.9 Å². The molecule has 0 atom stereocenters. The highest BCUT2D eigenvalue weighted by atomic mass is 32.1. The Morgan fingerprint density at radius 2 is 2.16 bits per heavy atom. The lowest BCUT2D eigenvalue weighted by Gasteiger charge is -2.04. The number of hydrogen-bond donors (Lipinski definition) is 2. The van der Waals surface area contributed by atoms with Gasteiger partial charge < -0.3 is 10.4 Å². The van der Waals surface area contributed by atoms with Crippen molar-refractivity contribution < 1.29 is 14.7 Å². The lowest BCUT2D eigenvalue weighted by molar-refractivity contribution is 0.0695. The van der Waals surface area contributed by atoms with Crippen molar-refractivity contribution in [1.29, 1.82) is 0 Å². The normalized spacial score (nSPS) is 10.2. The number of nitrogens with one attached hydrogen (secondary N) is 1. The van der Waals surface area contributed by atoms with E-state index in [4.69, 9.17) is 5.11 Å². The van der Waals surface area contributed by atoms with E-state index >= 15 is 0 Å². The molecule has 0 saturated carbocycles. The minimum absolute atomic E-state index is 0.0604. The molecule has 5 nitrogen and oxygen atoms in total. The molecular weight excluding hydrogens is 264 g/mol. The smallest absolute Gasteiger partial charge is 0.337 e. The highest BCUT2D eigenvalue weighted by molar-refractivity contribution is 7.08. The van der Waals surface area contributed by atoms with Crippen molar-refractivity contribution in [1.82, 2.24) is 10.3 Å². The molecule has 0 bridgehead atoms. The van der Waals surface area contributed by atoms with Crippen molar-refractivity contribution in [3.8, 4) is 0 Å². The van der Waals surface area contributed by atoms with E-state index in [0.29, 0.717) is 6.54 Å². The standard InChI is InChI=1S/C13H12N2O3S/c1-8-6-19-7-10(8)5-15-12(16)11-3-2-9(4-14-11)13(17)18/h2-4,6-7H,5H2,1H3,(H,15,16)(H,17,18). The number of thiophene rings is 1. The van der Waals surface area contributed by atoms with Gasteiger partial charge >= 0.3 is 5.97 Å². The van der Waals surface area contributed by atoms with E-state index in [2.05, 4.69) is 10.3 Å². The van der Waals surface area contributed by atoms with Crippen molar-refractivity contribution in [2.45, 2.75) is 13.5 Å². The van der Waals surface area contributed by atoms with Gasteiger partial charge in [0.25, 0.3) is 5.91 Å². The number of carbonyl (C=O) groups is 2. The number of hydrogen-bond acceptors (Lipinski definition) is 4. The van der Waals surface area contributed by atoms with Crippen LogP contribution in [0.5, 0.6) is 0 Å². The van der Waals surface area contributed by atoms with Crippen LogP contribution in [-0.4, -0.2) is 22.0 Å². The quantitative estimate of drug-likeness (QED) is 0.896. The molecule has 0 spiro atoms. The molecule has 0 radical (unpaired) electrons. The summed E-state index contributed by atoms with van der Waals surface area (Å²) < 4.78 is 0. The van der Waals surface area contributed by atoms with Crippen LogP contribution in [0.3, 0.4) is 0 Å². The summed E-state index contributed by atoms with van der Waals surface area (Å²) in [5.74, 6) is -1.38. The third-order valence-electron chi connectivity index (χ3n) is 2.64. The molecule has 2 aromatic heterocycles. The zero-order chi connectivity index (χ0) is 13.8. The molecule has 98 valence electrons. The summed E-state index contributed by atoms with van der Waals surface area (Å²) in [4.78, 5) is 26.3. The van der Waals surface area contributed by atoms with Crippen LogP contribution >= 0.6 is 11.3 Å². The number of carboxylic acid groups (broad SMARTS) is 1. The van der Waals surface area contributed by atoms with Crippen LogP contribution in [0.15, 0.2) is 29.1 Å². The van der Waals surface area contributed by atoms with Crippen molar-refractivity contribution in [3.63, 3.8) is 0 Å². The number of aromatic carboxylic acids is 1. The summed E-state index contributed by atoms with van der Waals surface area (Å²) in [6.45, 7) is 2.43. The molecule has 0 aliphatic heterocycles. The Balaban J connectivity index is 2.00. The summed E-state index contributed by atoms with van der Waals surface area (Å²) in [5, 5.41) is 15.5. The highest BCUT2D eigenvalue weighted by Gasteiger charge is 2.09. The first-order chi connectivity index (χ1) is 9.08. The largest absolute Gasteiger partial charge is 0.478 e. The van der Waals surface area contributed by atoms with Gasteiger partial charge in [0, 0.05) is 12.7 Å². The minimum atomic E-state index is -1.06. The summed E-state index contributed by atoms with van der Waals surface area (Å²) in [6, 6.07) is 2.76. The van der Waals surface area contributed by atoms with E-state index in [0.717, 1.165) is 11.1 Å². The molecule has 2 N–H and O–H groups in total. The lowest BCUT2D eigenvalue weighted by atomic mass is 10.2. The fourth-order valence-electron chi connectivity index (χ4n) is 1.49. The van der Waals surface area contributed by atoms with E-state index in [-0.39, 0.29) is 17.2 Å². The van der Waals surface area contributed by atoms with Crippen LogP contribution in [0.25, 0.3) is 0 Å². The monoisotopic (exact) mass is 276 g/mol. The number of rotatable bonds is 4. The number of carboxylic acids is 1. The first-order valence-corrected chi connectivity index (χ1v) is 6.51. The van der Waals surface area contributed by atoms with E-state index in [1.807, 2.05) is 17.7 Å². The van der Waals surface area contributed by atoms with Crippen LogP contribution in [0.2, 0.25) is 0 Å². The molecular formula is C13H12N2O3S. The molecule has 0 saturated heterocycles. The Morgan fingerprint density at radius 3 is 2.68 bits per heavy atom. The van der Waals surface area contributed by atoms with Crippen molar-refractivity contribution >= 4 is 23.2 Å². The summed E-state index contributed by atoms with van der Waals surface area (Å²) in [6.07, 6.45) is 1.17. The maximum Gasteiger partial charge on any atom is 0.337 e. The summed E-state index contributed by atoms with van der Waals surface area (Å²) in [7, 11) is 0. The van der Waals surface area contributed by atoms with Crippen LogP contribution in [0.1, 0.15) is 32.0 Å². The van der Waals surface area contributed by atoms with E-state index in [1.54, 1.807) is 11.3 Å². The predicted molar refractivity (Wildman–Crippen MR) is 71.4 cm³/mol. The van der Waals surface area contributed by atoms with Gasteiger partial charge in [0.2, 0.25) is 0 Å². The second kappa shape index (κ2) is 5.62. The first-order valence-electron chi connectivity index (χ1n) is 5.57. The Bertz CT molecular complexity index is 605. The Labute approximate surface area is 113 Å². The number of amides is 1. The molecule has 2 heterocycles. The summed E-state index contributed by atoms with van der Waals surface area (Å²) >= 11 is 1.59. The van der Waals surface area contributed by atoms with Gasteiger partial charge in [-0.25, -0.2) is 4.79 Å². The van der Waals surface area contributed by atoms with Crippen LogP contribution in [0, 0.1) is 6.92 Å². The second-order valence-corrected chi connectivity index (χ2v) is 4.74. The average molecular weight is 276 g/mol. The van der Waals surface area contributed by atoms with Gasteiger partial charge in [-0.2, -0.15) is 11.3 Å². The molecule has 2 aromatic rings. The van der Waals surface area contributed by atoms with Gasteiger partial charge in [0.05, 0.1) is 5.56 Å². The van der Waals surface area contributed by atoms with Gasteiger partial charge in [0.1, 0.15) is 5.69 Å². The number of pyridine rings is 1. The Hall–Kier alpha value is -2.21. The highest BCUT2D eigenvalue weighted by Crippen LogP contribution is 2.13. The molecule has 0 aromatic carbocycles. The van der Waals surface area contributed by atoms with Gasteiger partial charge in [-0.15, -0.1) is 0 Å². The third-order valence-corrected chi connectivity index (χ3v) is 3.55. The molecule has 0 fully saturated rings. The fraction of sp³-hybridized carbons (Fsp3) is 0.154. The molecule has 6 heteroatoms.